The topological polar surface area (TPSA) is 21.3 Å². The van der Waals surface area contributed by atoms with Gasteiger partial charge >= 0.3 is 0 Å². The molecule has 0 atom stereocenters. The van der Waals surface area contributed by atoms with Gasteiger partial charge in [0, 0.05) is 35.9 Å². The Hall–Kier alpha value is -0.580. The van der Waals surface area contributed by atoms with Crippen LogP contribution in [-0.2, 0) is 11.3 Å². The lowest BCUT2D eigenvalue weighted by Gasteiger charge is -2.22. The highest BCUT2D eigenvalue weighted by molar-refractivity contribution is 8.00. The molecule has 2 nitrogen and oxygen atoms in total. The summed E-state index contributed by atoms with van der Waals surface area (Å²) in [6.07, 6.45) is 4.71. The second-order valence-electron chi connectivity index (χ2n) is 5.34. The summed E-state index contributed by atoms with van der Waals surface area (Å²) in [4.78, 5) is 1.22. The maximum Gasteiger partial charge on any atom is 0.123 e. The molecule has 2 aliphatic rings. The Labute approximate surface area is 118 Å². The van der Waals surface area contributed by atoms with Crippen LogP contribution in [0.25, 0.3) is 0 Å². The Morgan fingerprint density at radius 1 is 1.21 bits per heavy atom. The molecule has 4 heteroatoms. The van der Waals surface area contributed by atoms with Gasteiger partial charge in [-0.2, -0.15) is 0 Å². The summed E-state index contributed by atoms with van der Waals surface area (Å²) in [5, 5.41) is 4.08. The van der Waals surface area contributed by atoms with Crippen molar-refractivity contribution >= 4 is 11.8 Å². The Morgan fingerprint density at radius 3 is 2.74 bits per heavy atom. The SMILES string of the molecule is Fc1ccc(SC2CCOCC2)c(CNC2CC2)c1. The summed E-state index contributed by atoms with van der Waals surface area (Å²) in [5.41, 5.74) is 1.10. The third-order valence-corrected chi connectivity index (χ3v) is 5.10. The van der Waals surface area contributed by atoms with E-state index >= 15 is 0 Å². The van der Waals surface area contributed by atoms with Gasteiger partial charge in [-0.3, -0.25) is 0 Å². The van der Waals surface area contributed by atoms with E-state index < -0.39 is 0 Å². The molecular weight excluding hydrogens is 261 g/mol. The van der Waals surface area contributed by atoms with Crippen molar-refractivity contribution in [2.75, 3.05) is 13.2 Å². The van der Waals surface area contributed by atoms with Crippen LogP contribution in [0.4, 0.5) is 4.39 Å². The molecular formula is C15H20FNOS. The van der Waals surface area contributed by atoms with Gasteiger partial charge in [0.2, 0.25) is 0 Å². The van der Waals surface area contributed by atoms with E-state index in [0.29, 0.717) is 11.3 Å². The highest BCUT2D eigenvalue weighted by atomic mass is 32.2. The molecule has 1 aromatic rings. The van der Waals surface area contributed by atoms with Gasteiger partial charge < -0.3 is 10.1 Å². The fourth-order valence-electron chi connectivity index (χ4n) is 2.32. The highest BCUT2D eigenvalue weighted by Gasteiger charge is 2.21. The normalized spacial score (nSPS) is 20.7. The first-order chi connectivity index (χ1) is 9.31. The molecule has 19 heavy (non-hydrogen) atoms. The van der Waals surface area contributed by atoms with Gasteiger partial charge in [-0.1, -0.05) is 0 Å². The molecule has 0 unspecified atom stereocenters. The number of hydrogen-bond donors (Lipinski definition) is 1. The monoisotopic (exact) mass is 281 g/mol. The second kappa shape index (κ2) is 6.25. The molecule has 0 spiro atoms. The van der Waals surface area contributed by atoms with E-state index in [9.17, 15) is 4.39 Å². The van der Waals surface area contributed by atoms with E-state index in [1.54, 1.807) is 12.1 Å². The summed E-state index contributed by atoms with van der Waals surface area (Å²) in [5.74, 6) is -0.135. The molecule has 1 heterocycles. The van der Waals surface area contributed by atoms with Crippen molar-refractivity contribution in [3.05, 3.63) is 29.6 Å². The molecule has 3 rings (SSSR count). The number of hydrogen-bond acceptors (Lipinski definition) is 3. The van der Waals surface area contributed by atoms with Crippen molar-refractivity contribution in [2.45, 2.75) is 48.4 Å². The number of thioether (sulfide) groups is 1. The maximum absolute atomic E-state index is 13.4. The van der Waals surface area contributed by atoms with Gasteiger partial charge in [-0.05, 0) is 49.4 Å². The van der Waals surface area contributed by atoms with Gasteiger partial charge in [0.25, 0.3) is 0 Å². The zero-order valence-electron chi connectivity index (χ0n) is 11.0. The number of halogens is 1. The van der Waals surface area contributed by atoms with Crippen LogP contribution in [0.3, 0.4) is 0 Å². The first-order valence-corrected chi connectivity index (χ1v) is 7.95. The van der Waals surface area contributed by atoms with Crippen LogP contribution in [0, 0.1) is 5.82 Å². The standard InChI is InChI=1S/C15H20FNOS/c16-12-1-4-15(19-14-5-7-18-8-6-14)11(9-12)10-17-13-2-3-13/h1,4,9,13-14,17H,2-3,5-8,10H2. The smallest absolute Gasteiger partial charge is 0.123 e. The lowest BCUT2D eigenvalue weighted by atomic mass is 10.2. The molecule has 1 N–H and O–H groups in total. The third kappa shape index (κ3) is 3.94. The van der Waals surface area contributed by atoms with Crippen molar-refractivity contribution in [1.29, 1.82) is 0 Å². The van der Waals surface area contributed by atoms with Crippen molar-refractivity contribution in [2.24, 2.45) is 0 Å². The summed E-state index contributed by atoms with van der Waals surface area (Å²) in [6.45, 7) is 2.50. The van der Waals surface area contributed by atoms with E-state index in [1.807, 2.05) is 17.8 Å². The molecule has 0 aromatic heterocycles. The Balaban J connectivity index is 1.66. The van der Waals surface area contributed by atoms with E-state index in [4.69, 9.17) is 4.74 Å². The summed E-state index contributed by atoms with van der Waals surface area (Å²) < 4.78 is 18.8. The minimum atomic E-state index is -0.135. The number of rotatable bonds is 5. The van der Waals surface area contributed by atoms with Crippen LogP contribution in [0.2, 0.25) is 0 Å². The molecule has 1 aliphatic carbocycles. The Kier molecular flexibility index (Phi) is 4.41. The third-order valence-electron chi connectivity index (χ3n) is 3.64. The fourth-order valence-corrected chi connectivity index (χ4v) is 3.53. The average Bonchev–Trinajstić information content (AvgIpc) is 3.24. The minimum absolute atomic E-state index is 0.135. The zero-order chi connectivity index (χ0) is 13.1. The summed E-state index contributed by atoms with van der Waals surface area (Å²) in [7, 11) is 0. The lowest BCUT2D eigenvalue weighted by Crippen LogP contribution is -2.19. The molecule has 1 aromatic carbocycles. The van der Waals surface area contributed by atoms with Crippen molar-refractivity contribution in [1.82, 2.24) is 5.32 Å². The molecule has 104 valence electrons. The van der Waals surface area contributed by atoms with Gasteiger partial charge in [-0.25, -0.2) is 4.39 Å². The second-order valence-corrected chi connectivity index (χ2v) is 6.68. The predicted molar refractivity (Wildman–Crippen MR) is 76.0 cm³/mol. The van der Waals surface area contributed by atoms with E-state index in [-0.39, 0.29) is 5.82 Å². The predicted octanol–water partition coefficient (Wildman–Crippen LogP) is 3.35. The Morgan fingerprint density at radius 2 is 2.00 bits per heavy atom. The van der Waals surface area contributed by atoms with E-state index in [1.165, 1.54) is 17.7 Å². The Bertz CT molecular complexity index is 430. The van der Waals surface area contributed by atoms with Crippen molar-refractivity contribution in [3.8, 4) is 0 Å². The molecule has 0 amide bonds. The number of nitrogens with one attached hydrogen (secondary N) is 1. The minimum Gasteiger partial charge on any atom is -0.381 e. The molecule has 2 fully saturated rings. The largest absolute Gasteiger partial charge is 0.381 e. The van der Waals surface area contributed by atoms with Crippen LogP contribution in [0.1, 0.15) is 31.2 Å². The van der Waals surface area contributed by atoms with Crippen LogP contribution in [0.5, 0.6) is 0 Å². The van der Waals surface area contributed by atoms with Crippen LogP contribution < -0.4 is 5.32 Å². The number of benzene rings is 1. The summed E-state index contributed by atoms with van der Waals surface area (Å²) in [6, 6.07) is 5.84. The van der Waals surface area contributed by atoms with Crippen molar-refractivity contribution < 1.29 is 9.13 Å². The van der Waals surface area contributed by atoms with E-state index in [0.717, 1.165) is 38.2 Å². The molecule has 0 radical (unpaired) electrons. The van der Waals surface area contributed by atoms with Gasteiger partial charge in [0.1, 0.15) is 5.82 Å². The van der Waals surface area contributed by atoms with Gasteiger partial charge in [-0.15, -0.1) is 11.8 Å². The van der Waals surface area contributed by atoms with Gasteiger partial charge in [0.05, 0.1) is 0 Å². The maximum atomic E-state index is 13.4. The first kappa shape index (κ1) is 13.4. The van der Waals surface area contributed by atoms with Gasteiger partial charge in [0.15, 0.2) is 0 Å². The fraction of sp³-hybridized carbons (Fsp3) is 0.600. The molecule has 1 saturated heterocycles. The van der Waals surface area contributed by atoms with E-state index in [2.05, 4.69) is 5.32 Å². The van der Waals surface area contributed by atoms with Crippen LogP contribution in [0.15, 0.2) is 23.1 Å². The zero-order valence-corrected chi connectivity index (χ0v) is 11.8. The summed E-state index contributed by atoms with van der Waals surface area (Å²) >= 11 is 1.89. The average molecular weight is 281 g/mol. The molecule has 0 bridgehead atoms. The van der Waals surface area contributed by atoms with Crippen molar-refractivity contribution in [3.63, 3.8) is 0 Å². The quantitative estimate of drug-likeness (QED) is 0.894. The first-order valence-electron chi connectivity index (χ1n) is 7.07. The number of ether oxygens (including phenoxy) is 1. The van der Waals surface area contributed by atoms with Crippen LogP contribution >= 0.6 is 11.8 Å². The lowest BCUT2D eigenvalue weighted by molar-refractivity contribution is 0.1000. The highest BCUT2D eigenvalue weighted by Crippen LogP contribution is 2.33. The molecule has 1 saturated carbocycles. The molecule has 1 aliphatic heterocycles. The van der Waals surface area contributed by atoms with Crippen LogP contribution in [-0.4, -0.2) is 24.5 Å².